The van der Waals surface area contributed by atoms with E-state index in [1.165, 1.54) is 4.90 Å². The van der Waals surface area contributed by atoms with Crippen LogP contribution in [0.2, 0.25) is 0 Å². The topological polar surface area (TPSA) is 39.4 Å². The molecule has 0 spiro atoms. The van der Waals surface area contributed by atoms with Crippen molar-refractivity contribution in [3.63, 3.8) is 0 Å². The molecule has 2 heterocycles. The summed E-state index contributed by atoms with van der Waals surface area (Å²) >= 11 is 1.74. The predicted molar refractivity (Wildman–Crippen MR) is 113 cm³/mol. The van der Waals surface area contributed by atoms with E-state index in [1.807, 2.05) is 22.8 Å². The average Bonchev–Trinajstić information content (AvgIpc) is 3.12. The number of hydrogen-bond acceptors (Lipinski definition) is 4. The SMILES string of the molecule is CC[C](CC)CCC(C)Oc1ccc2ncc(-c3ccc(SC)cc3)n2n1. The van der Waals surface area contributed by atoms with Gasteiger partial charge in [0, 0.05) is 16.5 Å². The fourth-order valence-electron chi connectivity index (χ4n) is 3.15. The summed E-state index contributed by atoms with van der Waals surface area (Å²) in [5, 5.41) is 4.68. The van der Waals surface area contributed by atoms with Crippen LogP contribution in [0.1, 0.15) is 46.5 Å². The Bertz CT molecular complexity index is 856. The Labute approximate surface area is 166 Å². The molecule has 0 aliphatic carbocycles. The summed E-state index contributed by atoms with van der Waals surface area (Å²) in [6.45, 7) is 6.57. The quantitative estimate of drug-likeness (QED) is 0.422. The van der Waals surface area contributed by atoms with Crippen molar-refractivity contribution in [1.29, 1.82) is 0 Å². The molecule has 0 saturated carbocycles. The summed E-state index contributed by atoms with van der Waals surface area (Å²) < 4.78 is 7.95. The molecule has 1 unspecified atom stereocenters. The van der Waals surface area contributed by atoms with Gasteiger partial charge in [0.25, 0.3) is 0 Å². The molecule has 3 aromatic rings. The molecule has 5 heteroatoms. The lowest BCUT2D eigenvalue weighted by Crippen LogP contribution is -2.14. The van der Waals surface area contributed by atoms with Gasteiger partial charge in [-0.05, 0) is 63.0 Å². The van der Waals surface area contributed by atoms with Crippen molar-refractivity contribution in [3.05, 3.63) is 48.5 Å². The van der Waals surface area contributed by atoms with Crippen molar-refractivity contribution in [3.8, 4) is 17.1 Å². The molecule has 3 rings (SSSR count). The predicted octanol–water partition coefficient (Wildman–Crippen LogP) is 6.06. The lowest BCUT2D eigenvalue weighted by atomic mass is 9.96. The minimum absolute atomic E-state index is 0.135. The fourth-order valence-corrected chi connectivity index (χ4v) is 3.56. The molecule has 1 radical (unpaired) electrons. The molecule has 1 atom stereocenters. The van der Waals surface area contributed by atoms with Crippen LogP contribution >= 0.6 is 11.8 Å². The third-order valence-corrected chi connectivity index (χ3v) is 5.69. The number of aromatic nitrogens is 3. The van der Waals surface area contributed by atoms with Gasteiger partial charge in [0.1, 0.15) is 0 Å². The second-order valence-corrected chi connectivity index (χ2v) is 7.62. The molecule has 1 aromatic carbocycles. The van der Waals surface area contributed by atoms with Gasteiger partial charge >= 0.3 is 0 Å². The largest absolute Gasteiger partial charge is 0.474 e. The van der Waals surface area contributed by atoms with Crippen molar-refractivity contribution in [2.24, 2.45) is 0 Å². The summed E-state index contributed by atoms with van der Waals surface area (Å²) in [4.78, 5) is 5.72. The van der Waals surface area contributed by atoms with E-state index in [0.29, 0.717) is 5.88 Å². The first-order valence-corrected chi connectivity index (χ1v) is 10.9. The average molecular weight is 383 g/mol. The maximum absolute atomic E-state index is 6.08. The van der Waals surface area contributed by atoms with Gasteiger partial charge in [-0.15, -0.1) is 16.9 Å². The highest BCUT2D eigenvalue weighted by Crippen LogP contribution is 2.25. The Morgan fingerprint density at radius 3 is 2.52 bits per heavy atom. The summed E-state index contributed by atoms with van der Waals surface area (Å²) in [6.07, 6.45) is 8.53. The molecule has 2 aromatic heterocycles. The fraction of sp³-hybridized carbons (Fsp3) is 0.409. The highest BCUT2D eigenvalue weighted by atomic mass is 32.2. The van der Waals surface area contributed by atoms with Crippen molar-refractivity contribution in [2.75, 3.05) is 6.26 Å². The smallest absolute Gasteiger partial charge is 0.232 e. The van der Waals surface area contributed by atoms with Crippen LogP contribution in [0.25, 0.3) is 16.9 Å². The summed E-state index contributed by atoms with van der Waals surface area (Å²) in [5.41, 5.74) is 2.90. The van der Waals surface area contributed by atoms with Crippen LogP contribution < -0.4 is 4.74 Å². The second kappa shape index (κ2) is 9.27. The van der Waals surface area contributed by atoms with Crippen LogP contribution in [-0.4, -0.2) is 27.0 Å². The Morgan fingerprint density at radius 2 is 1.85 bits per heavy atom. The third kappa shape index (κ3) is 4.83. The standard InChI is InChI=1S/C22H28N3OS/c1-5-17(6-2)8-7-16(3)26-22-14-13-21-23-15-20(25(21)24-22)18-9-11-19(27-4)12-10-18/h9-16H,5-8H2,1-4H3. The normalized spacial score (nSPS) is 12.6. The number of rotatable bonds is 9. The minimum atomic E-state index is 0.135. The summed E-state index contributed by atoms with van der Waals surface area (Å²) in [7, 11) is 0. The molecular weight excluding hydrogens is 354 g/mol. The molecule has 0 saturated heterocycles. The van der Waals surface area contributed by atoms with E-state index < -0.39 is 0 Å². The number of imidazole rings is 1. The molecular formula is C22H28N3OS. The highest BCUT2D eigenvalue weighted by Gasteiger charge is 2.12. The highest BCUT2D eigenvalue weighted by molar-refractivity contribution is 7.98. The van der Waals surface area contributed by atoms with Gasteiger partial charge in [-0.1, -0.05) is 26.0 Å². The molecule has 0 fully saturated rings. The zero-order valence-electron chi connectivity index (χ0n) is 16.6. The van der Waals surface area contributed by atoms with E-state index in [-0.39, 0.29) is 6.10 Å². The summed E-state index contributed by atoms with van der Waals surface area (Å²) in [5.74, 6) is 2.24. The lowest BCUT2D eigenvalue weighted by molar-refractivity contribution is 0.197. The van der Waals surface area contributed by atoms with E-state index in [9.17, 15) is 0 Å². The molecule has 27 heavy (non-hydrogen) atoms. The van der Waals surface area contributed by atoms with Gasteiger partial charge in [0.2, 0.25) is 5.88 Å². The minimum Gasteiger partial charge on any atom is -0.474 e. The van der Waals surface area contributed by atoms with E-state index in [1.54, 1.807) is 17.7 Å². The van der Waals surface area contributed by atoms with Gasteiger partial charge < -0.3 is 4.74 Å². The number of nitrogens with zero attached hydrogens (tertiary/aromatic N) is 3. The Kier molecular flexibility index (Phi) is 6.78. The monoisotopic (exact) mass is 382 g/mol. The second-order valence-electron chi connectivity index (χ2n) is 6.74. The molecule has 0 aliphatic heterocycles. The van der Waals surface area contributed by atoms with Crippen LogP contribution in [-0.2, 0) is 0 Å². The van der Waals surface area contributed by atoms with Crippen LogP contribution in [0.4, 0.5) is 0 Å². The first-order chi connectivity index (χ1) is 13.1. The Morgan fingerprint density at radius 1 is 1.11 bits per heavy atom. The van der Waals surface area contributed by atoms with E-state index >= 15 is 0 Å². The number of fused-ring (bicyclic) bond motifs is 1. The number of hydrogen-bond donors (Lipinski definition) is 0. The Balaban J connectivity index is 1.76. The van der Waals surface area contributed by atoms with Crippen LogP contribution in [0.15, 0.2) is 47.5 Å². The summed E-state index contributed by atoms with van der Waals surface area (Å²) in [6, 6.07) is 12.3. The zero-order valence-corrected chi connectivity index (χ0v) is 17.4. The van der Waals surface area contributed by atoms with E-state index in [0.717, 1.165) is 42.6 Å². The third-order valence-electron chi connectivity index (χ3n) is 4.95. The molecule has 0 bridgehead atoms. The molecule has 0 amide bonds. The first kappa shape index (κ1) is 19.7. The van der Waals surface area contributed by atoms with Crippen LogP contribution in [0, 0.1) is 5.92 Å². The van der Waals surface area contributed by atoms with Gasteiger partial charge in [0.05, 0.1) is 18.0 Å². The van der Waals surface area contributed by atoms with Gasteiger partial charge in [0.15, 0.2) is 5.65 Å². The maximum atomic E-state index is 6.08. The van der Waals surface area contributed by atoms with Crippen molar-refractivity contribution < 1.29 is 4.74 Å². The molecule has 0 aliphatic rings. The lowest BCUT2D eigenvalue weighted by Gasteiger charge is -2.17. The van der Waals surface area contributed by atoms with Crippen molar-refractivity contribution in [1.82, 2.24) is 14.6 Å². The first-order valence-electron chi connectivity index (χ1n) is 9.64. The zero-order chi connectivity index (χ0) is 19.2. The van der Waals surface area contributed by atoms with Crippen LogP contribution in [0.3, 0.4) is 0 Å². The number of ether oxygens (including phenoxy) is 1. The molecule has 0 N–H and O–H groups in total. The molecule has 143 valence electrons. The molecule has 4 nitrogen and oxygen atoms in total. The van der Waals surface area contributed by atoms with Crippen molar-refractivity contribution in [2.45, 2.75) is 57.5 Å². The van der Waals surface area contributed by atoms with Gasteiger partial charge in [-0.3, -0.25) is 0 Å². The Hall–Kier alpha value is -2.01. The maximum Gasteiger partial charge on any atom is 0.232 e. The number of benzene rings is 1. The van der Waals surface area contributed by atoms with Crippen LogP contribution in [0.5, 0.6) is 5.88 Å². The van der Waals surface area contributed by atoms with Crippen molar-refractivity contribution >= 4 is 17.4 Å². The van der Waals surface area contributed by atoms with Gasteiger partial charge in [-0.25, -0.2) is 9.50 Å². The van der Waals surface area contributed by atoms with E-state index in [2.05, 4.69) is 61.4 Å². The van der Waals surface area contributed by atoms with E-state index in [4.69, 9.17) is 4.74 Å². The number of thioether (sulfide) groups is 1. The van der Waals surface area contributed by atoms with Gasteiger partial charge in [-0.2, -0.15) is 0 Å².